The fourth-order valence-corrected chi connectivity index (χ4v) is 2.75. The number of rotatable bonds is 7. The van der Waals surface area contributed by atoms with Gasteiger partial charge in [0.2, 0.25) is 0 Å². The second-order valence-electron chi connectivity index (χ2n) is 6.09. The third-order valence-corrected chi connectivity index (χ3v) is 4.05. The number of hydrogen-bond acceptors (Lipinski definition) is 4. The van der Waals surface area contributed by atoms with Gasteiger partial charge in [0, 0.05) is 26.2 Å². The summed E-state index contributed by atoms with van der Waals surface area (Å²) >= 11 is 0. The molecule has 25 heavy (non-hydrogen) atoms. The standard InChI is InChI=1S/C18H28N4O2.HI/c1-13(2)11-21-18(19)20-6-8-22-7-5-14-9-16(23-3)17(24-4)10-15(14)12-22;/h9-10H,1,5-8,11-12H2,2-4H3,(H3,19,20,21);1H. The molecule has 140 valence electrons. The maximum absolute atomic E-state index is 5.83. The van der Waals surface area contributed by atoms with Gasteiger partial charge in [0.25, 0.3) is 0 Å². The summed E-state index contributed by atoms with van der Waals surface area (Å²) in [7, 11) is 3.34. The van der Waals surface area contributed by atoms with Crippen LogP contribution in [-0.2, 0) is 13.0 Å². The summed E-state index contributed by atoms with van der Waals surface area (Å²) in [6, 6.07) is 4.17. The Labute approximate surface area is 167 Å². The second kappa shape index (κ2) is 10.5. The predicted molar refractivity (Wildman–Crippen MR) is 113 cm³/mol. The molecule has 1 aliphatic rings. The van der Waals surface area contributed by atoms with Crippen LogP contribution in [0.5, 0.6) is 11.5 Å². The number of nitrogens with zero attached hydrogens (tertiary/aromatic N) is 2. The number of guanidine groups is 1. The normalized spacial score (nSPS) is 14.3. The maximum atomic E-state index is 5.83. The molecule has 3 N–H and O–H groups in total. The van der Waals surface area contributed by atoms with E-state index >= 15 is 0 Å². The van der Waals surface area contributed by atoms with E-state index in [9.17, 15) is 0 Å². The molecule has 6 nitrogen and oxygen atoms in total. The Morgan fingerprint density at radius 1 is 1.28 bits per heavy atom. The minimum atomic E-state index is 0. The smallest absolute Gasteiger partial charge is 0.188 e. The van der Waals surface area contributed by atoms with Crippen LogP contribution in [0, 0.1) is 0 Å². The number of halogens is 1. The summed E-state index contributed by atoms with van der Waals surface area (Å²) in [6.45, 7) is 9.92. The molecular formula is C18H29IN4O2. The molecule has 7 heteroatoms. The highest BCUT2D eigenvalue weighted by Crippen LogP contribution is 2.33. The average Bonchev–Trinajstić information content (AvgIpc) is 2.58. The summed E-state index contributed by atoms with van der Waals surface area (Å²) in [4.78, 5) is 6.61. The number of hydrogen-bond donors (Lipinski definition) is 2. The molecule has 0 bridgehead atoms. The highest BCUT2D eigenvalue weighted by Gasteiger charge is 2.19. The quantitative estimate of drug-likeness (QED) is 0.283. The van der Waals surface area contributed by atoms with Gasteiger partial charge in [-0.15, -0.1) is 24.0 Å². The van der Waals surface area contributed by atoms with Crippen LogP contribution in [0.1, 0.15) is 18.1 Å². The Morgan fingerprint density at radius 2 is 1.92 bits per heavy atom. The molecule has 0 aromatic heterocycles. The Hall–Kier alpha value is -1.48. The van der Waals surface area contributed by atoms with E-state index in [1.165, 1.54) is 11.1 Å². The molecule has 0 amide bonds. The molecule has 1 heterocycles. The number of nitrogens with one attached hydrogen (secondary N) is 1. The first-order valence-electron chi connectivity index (χ1n) is 8.17. The van der Waals surface area contributed by atoms with Gasteiger partial charge in [0.1, 0.15) is 0 Å². The van der Waals surface area contributed by atoms with E-state index in [0.29, 0.717) is 12.5 Å². The number of aliphatic imine (C=N–C) groups is 1. The summed E-state index contributed by atoms with van der Waals surface area (Å²) in [5.41, 5.74) is 9.46. The van der Waals surface area contributed by atoms with E-state index in [2.05, 4.69) is 33.9 Å². The number of methoxy groups -OCH3 is 2. The van der Waals surface area contributed by atoms with Gasteiger partial charge in [-0.2, -0.15) is 0 Å². The largest absolute Gasteiger partial charge is 0.493 e. The summed E-state index contributed by atoms with van der Waals surface area (Å²) < 4.78 is 10.8. The van der Waals surface area contributed by atoms with Crippen LogP contribution >= 0.6 is 24.0 Å². The third-order valence-electron chi connectivity index (χ3n) is 4.05. The van der Waals surface area contributed by atoms with Crippen LogP contribution in [0.2, 0.25) is 0 Å². The zero-order valence-electron chi connectivity index (χ0n) is 15.3. The summed E-state index contributed by atoms with van der Waals surface area (Å²) in [6.07, 6.45) is 1.01. The van der Waals surface area contributed by atoms with Gasteiger partial charge in [-0.3, -0.25) is 4.90 Å². The highest BCUT2D eigenvalue weighted by molar-refractivity contribution is 14.0. The Kier molecular flexibility index (Phi) is 9.05. The minimum Gasteiger partial charge on any atom is -0.493 e. The molecule has 0 aliphatic carbocycles. The van der Waals surface area contributed by atoms with Gasteiger partial charge in [-0.1, -0.05) is 12.2 Å². The van der Waals surface area contributed by atoms with Gasteiger partial charge in [-0.05, 0) is 36.6 Å². The maximum Gasteiger partial charge on any atom is 0.188 e. The Morgan fingerprint density at radius 3 is 2.52 bits per heavy atom. The van der Waals surface area contributed by atoms with Crippen molar-refractivity contribution in [1.29, 1.82) is 0 Å². The molecule has 2 rings (SSSR count). The van der Waals surface area contributed by atoms with Crippen LogP contribution in [0.25, 0.3) is 0 Å². The SMILES string of the molecule is C=C(C)CN=C(N)NCCN1CCc2cc(OC)c(OC)cc2C1.I. The minimum absolute atomic E-state index is 0. The molecule has 0 atom stereocenters. The lowest BCUT2D eigenvalue weighted by Crippen LogP contribution is -2.40. The van der Waals surface area contributed by atoms with Crippen LogP contribution < -0.4 is 20.5 Å². The monoisotopic (exact) mass is 460 g/mol. The van der Waals surface area contributed by atoms with Crippen molar-refractivity contribution in [3.63, 3.8) is 0 Å². The van der Waals surface area contributed by atoms with Gasteiger partial charge in [0.05, 0.1) is 20.8 Å². The van der Waals surface area contributed by atoms with E-state index < -0.39 is 0 Å². The van der Waals surface area contributed by atoms with Crippen LogP contribution in [0.15, 0.2) is 29.3 Å². The predicted octanol–water partition coefficient (Wildman–Crippen LogP) is 2.16. The topological polar surface area (TPSA) is 72.1 Å². The lowest BCUT2D eigenvalue weighted by molar-refractivity contribution is 0.256. The first-order valence-corrected chi connectivity index (χ1v) is 8.17. The number of ether oxygens (including phenoxy) is 2. The third kappa shape index (κ3) is 6.39. The molecular weight excluding hydrogens is 431 g/mol. The van der Waals surface area contributed by atoms with E-state index in [1.807, 2.05) is 6.92 Å². The van der Waals surface area contributed by atoms with Crippen molar-refractivity contribution >= 4 is 29.9 Å². The zero-order chi connectivity index (χ0) is 17.5. The molecule has 0 radical (unpaired) electrons. The molecule has 1 aliphatic heterocycles. The van der Waals surface area contributed by atoms with E-state index in [0.717, 1.165) is 49.7 Å². The number of nitrogens with two attached hydrogens (primary N) is 1. The molecule has 0 saturated carbocycles. The fourth-order valence-electron chi connectivity index (χ4n) is 2.75. The second-order valence-corrected chi connectivity index (χ2v) is 6.09. The first-order chi connectivity index (χ1) is 11.5. The number of benzene rings is 1. The van der Waals surface area contributed by atoms with Crippen molar-refractivity contribution in [2.24, 2.45) is 10.7 Å². The lowest BCUT2D eigenvalue weighted by Gasteiger charge is -2.29. The van der Waals surface area contributed by atoms with Gasteiger partial charge < -0.3 is 20.5 Å². The van der Waals surface area contributed by atoms with E-state index in [-0.39, 0.29) is 24.0 Å². The van der Waals surface area contributed by atoms with Crippen molar-refractivity contribution in [2.75, 3.05) is 40.4 Å². The molecule has 1 aromatic carbocycles. The van der Waals surface area contributed by atoms with Gasteiger partial charge in [-0.25, -0.2) is 4.99 Å². The number of fused-ring (bicyclic) bond motifs is 1. The van der Waals surface area contributed by atoms with Crippen molar-refractivity contribution in [1.82, 2.24) is 10.2 Å². The molecule has 0 unspecified atom stereocenters. The van der Waals surface area contributed by atoms with Gasteiger partial charge in [0.15, 0.2) is 17.5 Å². The Bertz CT molecular complexity index is 619. The van der Waals surface area contributed by atoms with Crippen molar-refractivity contribution in [3.05, 3.63) is 35.4 Å². The van der Waals surface area contributed by atoms with E-state index in [1.54, 1.807) is 14.2 Å². The highest BCUT2D eigenvalue weighted by atomic mass is 127. The van der Waals surface area contributed by atoms with Crippen LogP contribution in [-0.4, -0.2) is 51.3 Å². The molecule has 0 spiro atoms. The van der Waals surface area contributed by atoms with Crippen molar-refractivity contribution < 1.29 is 9.47 Å². The lowest BCUT2D eigenvalue weighted by atomic mass is 9.99. The Balaban J connectivity index is 0.00000312. The van der Waals surface area contributed by atoms with Crippen LogP contribution in [0.4, 0.5) is 0 Å². The fraction of sp³-hybridized carbons (Fsp3) is 0.500. The molecule has 0 fully saturated rings. The summed E-state index contributed by atoms with van der Waals surface area (Å²) in [5, 5.41) is 3.15. The van der Waals surface area contributed by atoms with E-state index in [4.69, 9.17) is 15.2 Å². The molecule has 1 aromatic rings. The van der Waals surface area contributed by atoms with Crippen molar-refractivity contribution in [3.8, 4) is 11.5 Å². The molecule has 0 saturated heterocycles. The zero-order valence-corrected chi connectivity index (χ0v) is 17.6. The summed E-state index contributed by atoms with van der Waals surface area (Å²) in [5.74, 6) is 2.06. The van der Waals surface area contributed by atoms with Gasteiger partial charge >= 0.3 is 0 Å². The average molecular weight is 460 g/mol. The van der Waals surface area contributed by atoms with Crippen molar-refractivity contribution in [2.45, 2.75) is 19.9 Å². The van der Waals surface area contributed by atoms with Crippen LogP contribution in [0.3, 0.4) is 0 Å². The first kappa shape index (κ1) is 21.6.